The third-order valence-electron chi connectivity index (χ3n) is 3.39. The molecule has 7 heteroatoms. The molecule has 2 N–H and O–H groups in total. The van der Waals surface area contributed by atoms with E-state index in [2.05, 4.69) is 27.9 Å². The van der Waals surface area contributed by atoms with E-state index >= 15 is 0 Å². The van der Waals surface area contributed by atoms with Crippen molar-refractivity contribution in [2.24, 2.45) is 5.92 Å². The number of halogens is 2. The summed E-state index contributed by atoms with van der Waals surface area (Å²) >= 11 is 7.93. The molecule has 1 aliphatic heterocycles. The fraction of sp³-hybridized carbons (Fsp3) is 0.385. The molecule has 0 aromatic heterocycles. The summed E-state index contributed by atoms with van der Waals surface area (Å²) in [7, 11) is 0. The van der Waals surface area contributed by atoms with Gasteiger partial charge in [-0.15, -0.1) is 0 Å². The van der Waals surface area contributed by atoms with Gasteiger partial charge in [-0.25, -0.2) is 9.59 Å². The molecule has 2 rings (SSSR count). The first-order valence-corrected chi connectivity index (χ1v) is 7.61. The molecular formula is C13H14ClIN2O3. The number of nitrogens with one attached hydrogen (secondary N) is 1. The van der Waals surface area contributed by atoms with Crippen LogP contribution >= 0.6 is 34.2 Å². The van der Waals surface area contributed by atoms with E-state index in [1.54, 1.807) is 18.2 Å². The average Bonchev–Trinajstić information content (AvgIpc) is 2.74. The lowest BCUT2D eigenvalue weighted by molar-refractivity contribution is -0.142. The number of carboxylic acid groups (broad SMARTS) is 1. The van der Waals surface area contributed by atoms with Gasteiger partial charge >= 0.3 is 12.0 Å². The molecule has 0 aliphatic carbocycles. The number of carboxylic acids is 1. The molecule has 20 heavy (non-hydrogen) atoms. The number of aliphatic carboxylic acids is 1. The van der Waals surface area contributed by atoms with Gasteiger partial charge in [-0.3, -0.25) is 0 Å². The van der Waals surface area contributed by atoms with Gasteiger partial charge < -0.3 is 15.3 Å². The van der Waals surface area contributed by atoms with Crippen LogP contribution in [-0.4, -0.2) is 34.6 Å². The third-order valence-corrected chi connectivity index (χ3v) is 4.51. The van der Waals surface area contributed by atoms with E-state index in [9.17, 15) is 14.7 Å². The molecule has 0 radical (unpaired) electrons. The van der Waals surface area contributed by atoms with Crippen LogP contribution < -0.4 is 5.32 Å². The van der Waals surface area contributed by atoms with Crippen LogP contribution in [0.5, 0.6) is 0 Å². The van der Waals surface area contributed by atoms with Gasteiger partial charge in [0, 0.05) is 15.1 Å². The Bertz CT molecular complexity index is 552. The largest absolute Gasteiger partial charge is 0.480 e. The van der Waals surface area contributed by atoms with E-state index in [0.717, 1.165) is 3.57 Å². The minimum absolute atomic E-state index is 0.0393. The molecule has 5 nitrogen and oxygen atoms in total. The van der Waals surface area contributed by atoms with Crippen LogP contribution in [-0.2, 0) is 4.79 Å². The van der Waals surface area contributed by atoms with E-state index in [1.165, 1.54) is 4.90 Å². The van der Waals surface area contributed by atoms with Crippen molar-refractivity contribution in [2.75, 3.05) is 11.9 Å². The number of amides is 2. The van der Waals surface area contributed by atoms with Crippen LogP contribution in [0, 0.1) is 9.49 Å². The van der Waals surface area contributed by atoms with Crippen LogP contribution in [0.1, 0.15) is 13.3 Å². The van der Waals surface area contributed by atoms with E-state index in [-0.39, 0.29) is 11.9 Å². The number of likely N-dealkylation sites (tertiary alicyclic amines) is 1. The number of anilines is 1. The van der Waals surface area contributed by atoms with Gasteiger partial charge in [0.25, 0.3) is 0 Å². The van der Waals surface area contributed by atoms with Crippen LogP contribution in [0.3, 0.4) is 0 Å². The molecule has 108 valence electrons. The summed E-state index contributed by atoms with van der Waals surface area (Å²) in [6.45, 7) is 2.30. The fourth-order valence-electron chi connectivity index (χ4n) is 2.33. The number of urea groups is 1. The zero-order valence-electron chi connectivity index (χ0n) is 10.8. The Kier molecular flexibility index (Phi) is 4.74. The minimum atomic E-state index is -0.962. The van der Waals surface area contributed by atoms with Crippen LogP contribution in [0.25, 0.3) is 0 Å². The van der Waals surface area contributed by atoms with Gasteiger partial charge in [-0.1, -0.05) is 18.5 Å². The van der Waals surface area contributed by atoms with Crippen LogP contribution in [0.4, 0.5) is 10.5 Å². The highest BCUT2D eigenvalue weighted by Gasteiger charge is 2.39. The average molecular weight is 409 g/mol. The second-order valence-corrected chi connectivity index (χ2v) is 6.40. The zero-order chi connectivity index (χ0) is 14.9. The first-order valence-electron chi connectivity index (χ1n) is 6.15. The van der Waals surface area contributed by atoms with E-state index in [1.807, 2.05) is 6.92 Å². The van der Waals surface area contributed by atoms with Gasteiger partial charge in [0.2, 0.25) is 0 Å². The van der Waals surface area contributed by atoms with E-state index < -0.39 is 12.0 Å². The van der Waals surface area contributed by atoms with Gasteiger partial charge in [0.15, 0.2) is 0 Å². The summed E-state index contributed by atoms with van der Waals surface area (Å²) in [6.07, 6.45) is 0.697. The monoisotopic (exact) mass is 408 g/mol. The lowest BCUT2D eigenvalue weighted by atomic mass is 10.0. The van der Waals surface area contributed by atoms with Crippen molar-refractivity contribution in [3.8, 4) is 0 Å². The number of nitrogens with zero attached hydrogens (tertiary/aromatic N) is 1. The first-order chi connectivity index (χ1) is 9.40. The Morgan fingerprint density at radius 3 is 2.80 bits per heavy atom. The summed E-state index contributed by atoms with van der Waals surface area (Å²) in [5.74, 6) is -1.00. The van der Waals surface area contributed by atoms with Gasteiger partial charge in [0.1, 0.15) is 6.04 Å². The van der Waals surface area contributed by atoms with Crippen molar-refractivity contribution in [3.63, 3.8) is 0 Å². The second-order valence-electron chi connectivity index (χ2n) is 4.80. The molecule has 1 aromatic carbocycles. The summed E-state index contributed by atoms with van der Waals surface area (Å²) in [6, 6.07) is 3.97. The molecule has 1 aliphatic rings. The molecule has 1 heterocycles. The van der Waals surface area contributed by atoms with Gasteiger partial charge in [0.05, 0.1) is 5.69 Å². The predicted octanol–water partition coefficient (Wildman–Crippen LogP) is 3.27. The summed E-state index contributed by atoms with van der Waals surface area (Å²) in [4.78, 5) is 24.9. The summed E-state index contributed by atoms with van der Waals surface area (Å²) in [5, 5.41) is 12.6. The van der Waals surface area contributed by atoms with E-state index in [4.69, 9.17) is 11.6 Å². The Hall–Kier alpha value is -1.02. The Balaban J connectivity index is 2.14. The highest BCUT2D eigenvalue weighted by molar-refractivity contribution is 14.1. The predicted molar refractivity (Wildman–Crippen MR) is 85.1 cm³/mol. The smallest absolute Gasteiger partial charge is 0.326 e. The molecule has 1 fully saturated rings. The van der Waals surface area contributed by atoms with E-state index in [0.29, 0.717) is 23.7 Å². The maximum atomic E-state index is 12.2. The molecule has 2 amide bonds. The highest BCUT2D eigenvalue weighted by atomic mass is 127. The van der Waals surface area contributed by atoms with Gasteiger partial charge in [-0.05, 0) is 53.1 Å². The summed E-state index contributed by atoms with van der Waals surface area (Å²) < 4.78 is 0.808. The number of rotatable bonds is 2. The highest BCUT2D eigenvalue weighted by Crippen LogP contribution is 2.27. The number of carbonyl (C=O) groups is 2. The number of benzene rings is 1. The molecule has 2 unspecified atom stereocenters. The molecular weight excluding hydrogens is 395 g/mol. The molecule has 0 bridgehead atoms. The first kappa shape index (κ1) is 15.4. The molecule has 0 spiro atoms. The van der Waals surface area contributed by atoms with Crippen LogP contribution in [0.15, 0.2) is 18.2 Å². The molecule has 1 aromatic rings. The van der Waals surface area contributed by atoms with Crippen molar-refractivity contribution < 1.29 is 14.7 Å². The standard InChI is InChI=1S/C13H14ClIN2O3/c1-7-4-5-17(11(7)12(18)19)13(20)16-10-3-2-8(14)6-9(10)15/h2-3,6-7,11H,4-5H2,1H3,(H,16,20)(H,18,19). The number of hydrogen-bond donors (Lipinski definition) is 2. The molecule has 0 saturated carbocycles. The van der Waals surface area contributed by atoms with Crippen molar-refractivity contribution in [3.05, 3.63) is 26.8 Å². The fourth-order valence-corrected chi connectivity index (χ4v) is 3.34. The van der Waals surface area contributed by atoms with Crippen molar-refractivity contribution in [2.45, 2.75) is 19.4 Å². The van der Waals surface area contributed by atoms with Crippen molar-refractivity contribution >= 4 is 51.9 Å². The quantitative estimate of drug-likeness (QED) is 0.738. The SMILES string of the molecule is CC1CCN(C(=O)Nc2ccc(Cl)cc2I)C1C(=O)O. The lowest BCUT2D eigenvalue weighted by Crippen LogP contribution is -2.44. The Morgan fingerprint density at radius 2 is 2.20 bits per heavy atom. The number of hydrogen-bond acceptors (Lipinski definition) is 2. The third kappa shape index (κ3) is 3.17. The molecule has 2 atom stereocenters. The zero-order valence-corrected chi connectivity index (χ0v) is 13.7. The van der Waals surface area contributed by atoms with Gasteiger partial charge in [-0.2, -0.15) is 0 Å². The molecule has 1 saturated heterocycles. The van der Waals surface area contributed by atoms with Crippen LogP contribution in [0.2, 0.25) is 5.02 Å². The Morgan fingerprint density at radius 1 is 1.50 bits per heavy atom. The summed E-state index contributed by atoms with van der Waals surface area (Å²) in [5.41, 5.74) is 0.628. The maximum absolute atomic E-state index is 12.2. The maximum Gasteiger partial charge on any atom is 0.326 e. The Labute approximate surface area is 135 Å². The topological polar surface area (TPSA) is 69.6 Å². The lowest BCUT2D eigenvalue weighted by Gasteiger charge is -2.24. The minimum Gasteiger partial charge on any atom is -0.480 e. The second kappa shape index (κ2) is 6.17. The number of carbonyl (C=O) groups excluding carboxylic acids is 1. The normalized spacial score (nSPS) is 21.9. The van der Waals surface area contributed by atoms with Crippen molar-refractivity contribution in [1.82, 2.24) is 4.90 Å². The van der Waals surface area contributed by atoms with Crippen molar-refractivity contribution in [1.29, 1.82) is 0 Å².